The van der Waals surface area contributed by atoms with Crippen molar-refractivity contribution in [3.8, 4) is 6.07 Å². The Kier molecular flexibility index (Phi) is 8.17. The molecule has 0 bridgehead atoms. The average molecular weight is 395 g/mol. The number of aldehydes is 1. The molecule has 154 valence electrons. The fourth-order valence-corrected chi connectivity index (χ4v) is 3.98. The Morgan fingerprint density at radius 3 is 2.55 bits per heavy atom. The largest absolute Gasteiger partial charge is 0.390 e. The minimum atomic E-state index is -0.0506. The van der Waals surface area contributed by atoms with E-state index in [2.05, 4.69) is 42.1 Å². The molecule has 1 aromatic heterocycles. The Labute approximate surface area is 173 Å². The molecule has 6 nitrogen and oxygen atoms in total. The Bertz CT molecular complexity index is 858. The topological polar surface area (TPSA) is 103 Å². The van der Waals surface area contributed by atoms with Crippen molar-refractivity contribution in [2.45, 2.75) is 45.8 Å². The molecular formula is C23H30N4O2. The molecule has 3 N–H and O–H groups in total. The van der Waals surface area contributed by atoms with E-state index in [0.29, 0.717) is 23.5 Å². The first kappa shape index (κ1) is 22.4. The molecule has 2 atom stereocenters. The molecule has 1 aromatic carbocycles. The molecule has 6 heteroatoms. The lowest BCUT2D eigenvalue weighted by atomic mass is 9.84. The van der Waals surface area contributed by atoms with E-state index in [1.807, 2.05) is 6.07 Å². The van der Waals surface area contributed by atoms with E-state index in [-0.39, 0.29) is 6.61 Å². The number of fused-ring (bicyclic) bond motifs is 1. The highest BCUT2D eigenvalue weighted by molar-refractivity contribution is 5.59. The van der Waals surface area contributed by atoms with Crippen molar-refractivity contribution >= 4 is 17.8 Å². The molecule has 0 spiro atoms. The van der Waals surface area contributed by atoms with Crippen LogP contribution in [0.15, 0.2) is 36.4 Å². The first-order valence-corrected chi connectivity index (χ1v) is 9.93. The number of hydrogen-bond acceptors (Lipinski definition) is 6. The van der Waals surface area contributed by atoms with Crippen LogP contribution in [0.5, 0.6) is 0 Å². The third kappa shape index (κ3) is 6.03. The molecule has 0 amide bonds. The number of nitrogens with two attached hydrogens (primary N) is 1. The van der Waals surface area contributed by atoms with Gasteiger partial charge in [0.2, 0.25) is 0 Å². The van der Waals surface area contributed by atoms with Crippen molar-refractivity contribution in [1.29, 1.82) is 5.26 Å². The van der Waals surface area contributed by atoms with Crippen molar-refractivity contribution in [3.63, 3.8) is 0 Å². The summed E-state index contributed by atoms with van der Waals surface area (Å²) in [7, 11) is 2.21. The van der Waals surface area contributed by atoms with E-state index >= 15 is 0 Å². The van der Waals surface area contributed by atoms with E-state index in [4.69, 9.17) is 20.9 Å². The number of aliphatic hydroxyl groups is 1. The van der Waals surface area contributed by atoms with E-state index in [1.165, 1.54) is 31.0 Å². The third-order valence-corrected chi connectivity index (χ3v) is 5.26. The summed E-state index contributed by atoms with van der Waals surface area (Å²) >= 11 is 0. The number of hydrogen-bond donors (Lipinski definition) is 2. The lowest BCUT2D eigenvalue weighted by Gasteiger charge is -2.40. The molecule has 0 saturated heterocycles. The van der Waals surface area contributed by atoms with Gasteiger partial charge in [0, 0.05) is 18.8 Å². The quantitative estimate of drug-likeness (QED) is 0.757. The van der Waals surface area contributed by atoms with E-state index in [0.717, 1.165) is 24.2 Å². The normalized spacial score (nSPS) is 19.5. The number of nitriles is 1. The molecule has 2 aliphatic rings. The number of rotatable bonds is 2. The lowest BCUT2D eigenvalue weighted by molar-refractivity contribution is -0.106. The summed E-state index contributed by atoms with van der Waals surface area (Å²) in [6.07, 6.45) is 4.66. The molecule has 1 saturated carbocycles. The van der Waals surface area contributed by atoms with Crippen LogP contribution in [-0.4, -0.2) is 29.5 Å². The van der Waals surface area contributed by atoms with Crippen molar-refractivity contribution in [1.82, 2.24) is 4.98 Å². The second-order valence-corrected chi connectivity index (χ2v) is 7.52. The highest BCUT2D eigenvalue weighted by atomic mass is 16.3. The van der Waals surface area contributed by atoms with Crippen LogP contribution in [0.25, 0.3) is 0 Å². The monoisotopic (exact) mass is 394 g/mol. The van der Waals surface area contributed by atoms with Gasteiger partial charge in [-0.15, -0.1) is 0 Å². The zero-order chi connectivity index (χ0) is 21.4. The molecule has 0 radical (unpaired) electrons. The van der Waals surface area contributed by atoms with Crippen LogP contribution in [0.4, 0.5) is 11.5 Å². The fourth-order valence-electron chi connectivity index (χ4n) is 3.98. The van der Waals surface area contributed by atoms with Crippen LogP contribution < -0.4 is 10.6 Å². The summed E-state index contributed by atoms with van der Waals surface area (Å²) in [6.45, 7) is 3.74. The van der Waals surface area contributed by atoms with Gasteiger partial charge in [-0.1, -0.05) is 13.0 Å². The maximum absolute atomic E-state index is 8.96. The van der Waals surface area contributed by atoms with Gasteiger partial charge in [0.1, 0.15) is 12.1 Å². The van der Waals surface area contributed by atoms with Crippen LogP contribution in [0, 0.1) is 23.2 Å². The van der Waals surface area contributed by atoms with Gasteiger partial charge in [-0.3, -0.25) is 0 Å². The zero-order valence-electron chi connectivity index (χ0n) is 17.4. The van der Waals surface area contributed by atoms with Crippen molar-refractivity contribution in [2.75, 3.05) is 17.7 Å². The first-order chi connectivity index (χ1) is 13.9. The second kappa shape index (κ2) is 10.6. The number of pyridine rings is 1. The van der Waals surface area contributed by atoms with Crippen molar-refractivity contribution in [3.05, 3.63) is 53.2 Å². The highest BCUT2D eigenvalue weighted by Gasteiger charge is 2.40. The molecular weight excluding hydrogens is 364 g/mol. The Balaban J connectivity index is 0.000000211. The predicted molar refractivity (Wildman–Crippen MR) is 115 cm³/mol. The number of anilines is 2. The number of carbonyl (C=O) groups excluding carboxylic acids is 1. The van der Waals surface area contributed by atoms with Crippen LogP contribution in [0.3, 0.4) is 0 Å². The Morgan fingerprint density at radius 2 is 2.03 bits per heavy atom. The van der Waals surface area contributed by atoms with Gasteiger partial charge in [0.25, 0.3) is 0 Å². The Hall–Kier alpha value is -2.91. The zero-order valence-corrected chi connectivity index (χ0v) is 17.4. The molecule has 2 aromatic rings. The van der Waals surface area contributed by atoms with E-state index in [9.17, 15) is 0 Å². The second-order valence-electron chi connectivity index (χ2n) is 7.52. The summed E-state index contributed by atoms with van der Waals surface area (Å²) in [5.41, 5.74) is 9.38. The maximum Gasteiger partial charge on any atom is 0.123 e. The smallest absolute Gasteiger partial charge is 0.123 e. The summed E-state index contributed by atoms with van der Waals surface area (Å²) in [6, 6.07) is 14.2. The van der Waals surface area contributed by atoms with Crippen LogP contribution in [0.1, 0.15) is 43.5 Å². The molecule has 1 aliphatic heterocycles. The van der Waals surface area contributed by atoms with Gasteiger partial charge < -0.3 is 20.5 Å². The summed E-state index contributed by atoms with van der Waals surface area (Å²) in [5, 5.41) is 17.5. The summed E-state index contributed by atoms with van der Waals surface area (Å²) in [4.78, 5) is 15.1. The SMILES string of the molecule is CC1Cc2cc(C#N)ccc2N(C)[C@H]1C1CC1.CC=O.Nc1cccc(CO)n1. The summed E-state index contributed by atoms with van der Waals surface area (Å²) < 4.78 is 0. The standard InChI is InChI=1S/C15H18N2.C6H8N2O.C2H4O/c1-10-7-13-8-11(9-16)3-6-14(13)17(2)15(10)12-4-5-12;7-6-3-1-2-5(4-9)8-6;1-2-3/h3,6,8,10,12,15H,4-5,7H2,1-2H3;1-3,9H,4H2,(H2,7,8);2H,1H3/t10?,15-;;/m1../s1. The molecule has 1 unspecified atom stereocenters. The van der Waals surface area contributed by atoms with Crippen molar-refractivity contribution in [2.24, 2.45) is 11.8 Å². The average Bonchev–Trinajstić information content (AvgIpc) is 3.53. The van der Waals surface area contributed by atoms with Crippen LogP contribution in [0.2, 0.25) is 0 Å². The van der Waals surface area contributed by atoms with Crippen molar-refractivity contribution < 1.29 is 9.90 Å². The molecule has 4 rings (SSSR count). The van der Waals surface area contributed by atoms with Crippen LogP contribution in [-0.2, 0) is 17.8 Å². The van der Waals surface area contributed by atoms with Gasteiger partial charge >= 0.3 is 0 Å². The van der Waals surface area contributed by atoms with E-state index < -0.39 is 0 Å². The number of aromatic nitrogens is 1. The third-order valence-electron chi connectivity index (χ3n) is 5.26. The fraction of sp³-hybridized carbons (Fsp3) is 0.435. The Morgan fingerprint density at radius 1 is 1.34 bits per heavy atom. The number of nitrogen functional groups attached to an aromatic ring is 1. The van der Waals surface area contributed by atoms with Gasteiger partial charge in [-0.05, 0) is 73.9 Å². The van der Waals surface area contributed by atoms with Gasteiger partial charge in [-0.25, -0.2) is 4.98 Å². The minimum absolute atomic E-state index is 0.0506. The maximum atomic E-state index is 8.96. The predicted octanol–water partition coefficient (Wildman–Crippen LogP) is 3.33. The van der Waals surface area contributed by atoms with Gasteiger partial charge in [0.05, 0.1) is 23.9 Å². The lowest BCUT2D eigenvalue weighted by Crippen LogP contribution is -2.43. The molecule has 1 aliphatic carbocycles. The van der Waals surface area contributed by atoms with Gasteiger partial charge in [-0.2, -0.15) is 5.26 Å². The molecule has 29 heavy (non-hydrogen) atoms. The number of benzene rings is 1. The number of carbonyl (C=O) groups is 1. The summed E-state index contributed by atoms with van der Waals surface area (Å²) in [5.74, 6) is 2.05. The minimum Gasteiger partial charge on any atom is -0.390 e. The number of nitrogens with zero attached hydrogens (tertiary/aromatic N) is 3. The van der Waals surface area contributed by atoms with E-state index in [1.54, 1.807) is 18.2 Å². The molecule has 1 fully saturated rings. The first-order valence-electron chi connectivity index (χ1n) is 9.93. The molecule has 2 heterocycles. The number of aliphatic hydroxyl groups excluding tert-OH is 1. The van der Waals surface area contributed by atoms with Crippen LogP contribution >= 0.6 is 0 Å². The highest BCUT2D eigenvalue weighted by Crippen LogP contribution is 2.44. The van der Waals surface area contributed by atoms with Gasteiger partial charge in [0.15, 0.2) is 0 Å².